The maximum Gasteiger partial charge on any atom is 0.0664 e. The molecule has 0 amide bonds. The average molecular weight is 229 g/mol. The molecule has 1 fully saturated rings. The van der Waals surface area contributed by atoms with E-state index in [1.54, 1.807) is 0 Å². The number of nitrogens with one attached hydrogen (secondary N) is 1. The Bertz CT molecular complexity index is 170. The molecule has 0 radical (unpaired) electrons. The van der Waals surface area contributed by atoms with Gasteiger partial charge in [0.15, 0.2) is 0 Å². The van der Waals surface area contributed by atoms with Gasteiger partial charge >= 0.3 is 0 Å². The molecule has 1 unspecified atom stereocenters. The van der Waals surface area contributed by atoms with E-state index in [1.807, 2.05) is 0 Å². The molecule has 1 atom stereocenters. The highest BCUT2D eigenvalue weighted by Crippen LogP contribution is 1.98. The van der Waals surface area contributed by atoms with Gasteiger partial charge in [-0.25, -0.2) is 0 Å². The Hall–Kier alpha value is -0.160. The number of aliphatic hydroxyl groups excluding tert-OH is 1. The van der Waals surface area contributed by atoms with E-state index in [2.05, 4.69) is 29.1 Å². The fourth-order valence-corrected chi connectivity index (χ4v) is 2.01. The summed E-state index contributed by atoms with van der Waals surface area (Å²) in [5.74, 6) is 0. The molecule has 4 heteroatoms. The van der Waals surface area contributed by atoms with Crippen molar-refractivity contribution in [2.45, 2.75) is 25.9 Å². The molecule has 0 spiro atoms. The zero-order chi connectivity index (χ0) is 11.8. The standard InChI is InChI=1S/C12H27N3O/c1-3-4-12(16)11-13-5-6-15-9-7-14(2)8-10-15/h12-13,16H,3-11H2,1-2H3. The summed E-state index contributed by atoms with van der Waals surface area (Å²) in [6, 6.07) is 0. The molecule has 0 aromatic heterocycles. The minimum Gasteiger partial charge on any atom is -0.392 e. The highest BCUT2D eigenvalue weighted by molar-refractivity contribution is 4.70. The lowest BCUT2D eigenvalue weighted by Crippen LogP contribution is -2.46. The third-order valence-electron chi connectivity index (χ3n) is 3.20. The van der Waals surface area contributed by atoms with E-state index >= 15 is 0 Å². The van der Waals surface area contributed by atoms with Crippen LogP contribution in [-0.4, -0.2) is 73.9 Å². The van der Waals surface area contributed by atoms with Crippen LogP contribution >= 0.6 is 0 Å². The first-order valence-electron chi connectivity index (χ1n) is 6.52. The SMILES string of the molecule is CCCC(O)CNCCN1CCN(C)CC1. The second kappa shape index (κ2) is 8.01. The van der Waals surface area contributed by atoms with Crippen LogP contribution < -0.4 is 5.32 Å². The van der Waals surface area contributed by atoms with Crippen molar-refractivity contribution in [2.24, 2.45) is 0 Å². The van der Waals surface area contributed by atoms with Crippen LogP contribution in [0.25, 0.3) is 0 Å². The molecule has 0 saturated carbocycles. The van der Waals surface area contributed by atoms with E-state index in [1.165, 1.54) is 26.2 Å². The van der Waals surface area contributed by atoms with Crippen LogP contribution in [0.4, 0.5) is 0 Å². The predicted octanol–water partition coefficient (Wildman–Crippen LogP) is -0.0156. The Kier molecular flexibility index (Phi) is 6.96. The molecular formula is C12H27N3O. The zero-order valence-corrected chi connectivity index (χ0v) is 10.8. The summed E-state index contributed by atoms with van der Waals surface area (Å²) in [5.41, 5.74) is 0. The van der Waals surface area contributed by atoms with Gasteiger partial charge in [0, 0.05) is 45.8 Å². The molecule has 96 valence electrons. The van der Waals surface area contributed by atoms with Gasteiger partial charge < -0.3 is 15.3 Å². The highest BCUT2D eigenvalue weighted by Gasteiger charge is 2.12. The van der Waals surface area contributed by atoms with Crippen molar-refractivity contribution in [2.75, 3.05) is 52.9 Å². The van der Waals surface area contributed by atoms with E-state index in [9.17, 15) is 5.11 Å². The molecule has 1 aliphatic rings. The number of nitrogens with zero attached hydrogens (tertiary/aromatic N) is 2. The normalized spacial score (nSPS) is 21.2. The molecule has 16 heavy (non-hydrogen) atoms. The minimum absolute atomic E-state index is 0.169. The van der Waals surface area contributed by atoms with Crippen molar-refractivity contribution >= 4 is 0 Å². The average Bonchev–Trinajstić information content (AvgIpc) is 2.27. The van der Waals surface area contributed by atoms with E-state index in [-0.39, 0.29) is 6.10 Å². The molecule has 0 aliphatic carbocycles. The van der Waals surface area contributed by atoms with Gasteiger partial charge in [-0.2, -0.15) is 0 Å². The van der Waals surface area contributed by atoms with Crippen molar-refractivity contribution in [1.82, 2.24) is 15.1 Å². The van der Waals surface area contributed by atoms with Gasteiger partial charge in [0.25, 0.3) is 0 Å². The third-order valence-corrected chi connectivity index (χ3v) is 3.20. The van der Waals surface area contributed by atoms with Crippen molar-refractivity contribution < 1.29 is 5.11 Å². The molecule has 1 rings (SSSR count). The smallest absolute Gasteiger partial charge is 0.0664 e. The molecule has 1 saturated heterocycles. The second-order valence-corrected chi connectivity index (χ2v) is 4.79. The molecule has 0 aromatic rings. The van der Waals surface area contributed by atoms with Crippen LogP contribution in [0, 0.1) is 0 Å². The first-order chi connectivity index (χ1) is 7.72. The van der Waals surface area contributed by atoms with Gasteiger partial charge in [0.05, 0.1) is 6.10 Å². The summed E-state index contributed by atoms with van der Waals surface area (Å²) in [5, 5.41) is 12.9. The fraction of sp³-hybridized carbons (Fsp3) is 1.00. The van der Waals surface area contributed by atoms with Gasteiger partial charge in [-0.15, -0.1) is 0 Å². The van der Waals surface area contributed by atoms with Crippen LogP contribution in [0.15, 0.2) is 0 Å². The first kappa shape index (κ1) is 13.9. The lowest BCUT2D eigenvalue weighted by atomic mass is 10.2. The van der Waals surface area contributed by atoms with Crippen LogP contribution in [-0.2, 0) is 0 Å². The van der Waals surface area contributed by atoms with Gasteiger partial charge in [0.1, 0.15) is 0 Å². The summed E-state index contributed by atoms with van der Waals surface area (Å²) in [7, 11) is 2.18. The number of hydrogen-bond donors (Lipinski definition) is 2. The fourth-order valence-electron chi connectivity index (χ4n) is 2.01. The van der Waals surface area contributed by atoms with Crippen molar-refractivity contribution in [3.05, 3.63) is 0 Å². The maximum atomic E-state index is 9.54. The summed E-state index contributed by atoms with van der Waals surface area (Å²) >= 11 is 0. The number of likely N-dealkylation sites (N-methyl/N-ethyl adjacent to an activating group) is 1. The quantitative estimate of drug-likeness (QED) is 0.602. The molecule has 4 nitrogen and oxygen atoms in total. The Morgan fingerprint density at radius 2 is 1.94 bits per heavy atom. The zero-order valence-electron chi connectivity index (χ0n) is 10.8. The van der Waals surface area contributed by atoms with Gasteiger partial charge in [0.2, 0.25) is 0 Å². The van der Waals surface area contributed by atoms with E-state index in [0.717, 1.165) is 32.5 Å². The van der Waals surface area contributed by atoms with Gasteiger partial charge in [-0.1, -0.05) is 13.3 Å². The molecule has 1 heterocycles. The molecule has 1 aliphatic heterocycles. The van der Waals surface area contributed by atoms with Gasteiger partial charge in [-0.3, -0.25) is 4.90 Å². The number of aliphatic hydroxyl groups is 1. The molecule has 0 bridgehead atoms. The van der Waals surface area contributed by atoms with E-state index in [4.69, 9.17) is 0 Å². The maximum absolute atomic E-state index is 9.54. The number of rotatable bonds is 7. The van der Waals surface area contributed by atoms with E-state index in [0.29, 0.717) is 0 Å². The van der Waals surface area contributed by atoms with Crippen LogP contribution in [0.1, 0.15) is 19.8 Å². The van der Waals surface area contributed by atoms with Crippen molar-refractivity contribution in [3.8, 4) is 0 Å². The Morgan fingerprint density at radius 3 is 2.56 bits per heavy atom. The lowest BCUT2D eigenvalue weighted by Gasteiger charge is -2.32. The summed E-state index contributed by atoms with van der Waals surface area (Å²) in [4.78, 5) is 4.86. The minimum atomic E-state index is -0.169. The number of hydrogen-bond acceptors (Lipinski definition) is 4. The highest BCUT2D eigenvalue weighted by atomic mass is 16.3. The monoisotopic (exact) mass is 229 g/mol. The Labute approximate surface area is 99.6 Å². The predicted molar refractivity (Wildman–Crippen MR) is 67.7 cm³/mol. The Balaban J connectivity index is 1.95. The van der Waals surface area contributed by atoms with Gasteiger partial charge in [-0.05, 0) is 13.5 Å². The Morgan fingerprint density at radius 1 is 1.25 bits per heavy atom. The van der Waals surface area contributed by atoms with Crippen molar-refractivity contribution in [3.63, 3.8) is 0 Å². The first-order valence-corrected chi connectivity index (χ1v) is 6.52. The van der Waals surface area contributed by atoms with Crippen LogP contribution in [0.2, 0.25) is 0 Å². The van der Waals surface area contributed by atoms with Crippen LogP contribution in [0.3, 0.4) is 0 Å². The second-order valence-electron chi connectivity index (χ2n) is 4.79. The third kappa shape index (κ3) is 5.80. The number of piperazine rings is 1. The molecular weight excluding hydrogens is 202 g/mol. The molecule has 2 N–H and O–H groups in total. The largest absolute Gasteiger partial charge is 0.392 e. The summed E-state index contributed by atoms with van der Waals surface area (Å²) in [6.07, 6.45) is 1.79. The van der Waals surface area contributed by atoms with E-state index < -0.39 is 0 Å². The summed E-state index contributed by atoms with van der Waals surface area (Å²) in [6.45, 7) is 9.65. The van der Waals surface area contributed by atoms with Crippen LogP contribution in [0.5, 0.6) is 0 Å². The molecule has 0 aromatic carbocycles. The summed E-state index contributed by atoms with van der Waals surface area (Å²) < 4.78 is 0. The topological polar surface area (TPSA) is 38.7 Å². The van der Waals surface area contributed by atoms with Crippen molar-refractivity contribution in [1.29, 1.82) is 0 Å². The lowest BCUT2D eigenvalue weighted by molar-refractivity contribution is 0.143.